The molecule has 0 spiro atoms. The monoisotopic (exact) mass is 335 g/mol. The molecule has 4 nitrogen and oxygen atoms in total. The fraction of sp³-hybridized carbons (Fsp3) is 0.158. The van der Waals surface area contributed by atoms with Crippen LogP contribution in [0.15, 0.2) is 65.2 Å². The maximum absolute atomic E-state index is 5.95. The van der Waals surface area contributed by atoms with Gasteiger partial charge in [-0.25, -0.2) is 4.98 Å². The van der Waals surface area contributed by atoms with Gasteiger partial charge in [0.05, 0.1) is 22.5 Å². The Morgan fingerprint density at radius 2 is 1.96 bits per heavy atom. The lowest BCUT2D eigenvalue weighted by atomic mass is 10.2. The van der Waals surface area contributed by atoms with Crippen LogP contribution in [0.1, 0.15) is 24.4 Å². The first-order valence-corrected chi connectivity index (χ1v) is 8.70. The molecule has 4 rings (SSSR count). The van der Waals surface area contributed by atoms with Crippen LogP contribution in [0.25, 0.3) is 21.0 Å². The van der Waals surface area contributed by atoms with E-state index in [2.05, 4.69) is 28.3 Å². The Morgan fingerprint density at radius 1 is 1.08 bits per heavy atom. The van der Waals surface area contributed by atoms with Gasteiger partial charge in [-0.15, -0.1) is 11.3 Å². The van der Waals surface area contributed by atoms with Gasteiger partial charge in [0.1, 0.15) is 5.76 Å². The molecule has 0 radical (unpaired) electrons. The highest BCUT2D eigenvalue weighted by molar-refractivity contribution is 7.21. The number of benzene rings is 1. The molecule has 0 aliphatic carbocycles. The number of nitrogens with zero attached hydrogens (tertiary/aromatic N) is 2. The minimum absolute atomic E-state index is 0.169. The van der Waals surface area contributed by atoms with Crippen LogP contribution in [0.3, 0.4) is 0 Å². The highest BCUT2D eigenvalue weighted by Crippen LogP contribution is 2.31. The minimum Gasteiger partial charge on any atom is -0.457 e. The van der Waals surface area contributed by atoms with Gasteiger partial charge in [-0.05, 0) is 43.3 Å². The summed E-state index contributed by atoms with van der Waals surface area (Å²) in [6.45, 7) is 2.75. The molecule has 5 heteroatoms. The summed E-state index contributed by atoms with van der Waals surface area (Å²) >= 11 is 1.65. The van der Waals surface area contributed by atoms with Crippen LogP contribution < -0.4 is 5.32 Å². The van der Waals surface area contributed by atoms with E-state index in [1.165, 1.54) is 4.70 Å². The second kappa shape index (κ2) is 6.55. The van der Waals surface area contributed by atoms with Gasteiger partial charge in [0, 0.05) is 12.2 Å². The Balaban J connectivity index is 1.47. The number of pyridine rings is 1. The summed E-state index contributed by atoms with van der Waals surface area (Å²) in [6, 6.07) is 18.2. The molecule has 3 aromatic heterocycles. The SMILES string of the molecule is C[C@H](NCc1ccc(-c2nc3ccccc3s2)o1)c1ccccn1. The van der Waals surface area contributed by atoms with Crippen LogP contribution in [0.2, 0.25) is 0 Å². The molecule has 4 aromatic rings. The molecule has 1 N–H and O–H groups in total. The maximum atomic E-state index is 5.95. The molecule has 0 aliphatic heterocycles. The Kier molecular flexibility index (Phi) is 4.11. The van der Waals surface area contributed by atoms with Crippen LogP contribution in [0.5, 0.6) is 0 Å². The van der Waals surface area contributed by atoms with Crippen molar-refractivity contribution in [2.45, 2.75) is 19.5 Å². The number of fused-ring (bicyclic) bond motifs is 1. The number of para-hydroxylation sites is 1. The van der Waals surface area contributed by atoms with Gasteiger partial charge in [0.2, 0.25) is 0 Å². The van der Waals surface area contributed by atoms with E-state index in [0.717, 1.165) is 27.7 Å². The van der Waals surface area contributed by atoms with Crippen LogP contribution in [0.4, 0.5) is 0 Å². The summed E-state index contributed by atoms with van der Waals surface area (Å²) < 4.78 is 7.12. The Morgan fingerprint density at radius 3 is 2.79 bits per heavy atom. The molecule has 24 heavy (non-hydrogen) atoms. The van der Waals surface area contributed by atoms with Crippen molar-refractivity contribution in [2.75, 3.05) is 0 Å². The van der Waals surface area contributed by atoms with Crippen molar-refractivity contribution in [1.29, 1.82) is 0 Å². The van der Waals surface area contributed by atoms with Gasteiger partial charge in [0.25, 0.3) is 0 Å². The third-order valence-electron chi connectivity index (χ3n) is 3.88. The summed E-state index contributed by atoms with van der Waals surface area (Å²) in [5.41, 5.74) is 2.04. The van der Waals surface area contributed by atoms with Crippen molar-refractivity contribution < 1.29 is 4.42 Å². The number of furan rings is 1. The number of rotatable bonds is 5. The number of aromatic nitrogens is 2. The van der Waals surface area contributed by atoms with Crippen molar-refractivity contribution in [3.63, 3.8) is 0 Å². The van der Waals surface area contributed by atoms with Crippen LogP contribution in [-0.4, -0.2) is 9.97 Å². The molecule has 1 aromatic carbocycles. The first-order valence-electron chi connectivity index (χ1n) is 7.88. The zero-order valence-electron chi connectivity index (χ0n) is 13.3. The van der Waals surface area contributed by atoms with Crippen molar-refractivity contribution in [2.24, 2.45) is 0 Å². The largest absolute Gasteiger partial charge is 0.457 e. The summed E-state index contributed by atoms with van der Waals surface area (Å²) in [4.78, 5) is 9.00. The number of thiazole rings is 1. The zero-order chi connectivity index (χ0) is 16.4. The van der Waals surface area contributed by atoms with Crippen molar-refractivity contribution in [1.82, 2.24) is 15.3 Å². The highest BCUT2D eigenvalue weighted by Gasteiger charge is 2.11. The van der Waals surface area contributed by atoms with Crippen LogP contribution >= 0.6 is 11.3 Å². The number of hydrogen-bond donors (Lipinski definition) is 1. The summed E-state index contributed by atoms with van der Waals surface area (Å²) in [6.07, 6.45) is 1.81. The molecule has 1 atom stereocenters. The second-order valence-corrected chi connectivity index (χ2v) is 6.64. The van der Waals surface area contributed by atoms with E-state index in [-0.39, 0.29) is 6.04 Å². The van der Waals surface area contributed by atoms with E-state index in [0.29, 0.717) is 6.54 Å². The molecule has 0 saturated carbocycles. The number of hydrogen-bond acceptors (Lipinski definition) is 5. The highest BCUT2D eigenvalue weighted by atomic mass is 32.1. The molecule has 3 heterocycles. The molecule has 0 fully saturated rings. The van der Waals surface area contributed by atoms with Gasteiger partial charge < -0.3 is 9.73 Å². The molecular weight excluding hydrogens is 318 g/mol. The summed E-state index contributed by atoms with van der Waals surface area (Å²) in [5.74, 6) is 1.71. The van der Waals surface area contributed by atoms with E-state index in [1.54, 1.807) is 11.3 Å². The second-order valence-electron chi connectivity index (χ2n) is 5.61. The van der Waals surface area contributed by atoms with E-state index in [4.69, 9.17) is 4.42 Å². The lowest BCUT2D eigenvalue weighted by molar-refractivity contribution is 0.465. The lowest BCUT2D eigenvalue weighted by Crippen LogP contribution is -2.18. The molecule has 0 aliphatic rings. The molecule has 0 saturated heterocycles. The Bertz CT molecular complexity index is 912. The molecule has 0 amide bonds. The van der Waals surface area contributed by atoms with Gasteiger partial charge in [0.15, 0.2) is 10.8 Å². The van der Waals surface area contributed by atoms with E-state index in [9.17, 15) is 0 Å². The normalized spacial score (nSPS) is 12.5. The summed E-state index contributed by atoms with van der Waals surface area (Å²) in [7, 11) is 0. The predicted octanol–water partition coefficient (Wildman–Crippen LogP) is 4.80. The Labute approximate surface area is 144 Å². The van der Waals surface area contributed by atoms with Crippen LogP contribution in [0, 0.1) is 0 Å². The standard InChI is InChI=1S/C19H17N3OS/c1-13(15-6-4-5-11-20-15)21-12-14-9-10-17(23-14)19-22-16-7-2-3-8-18(16)24-19/h2-11,13,21H,12H2,1H3/t13-/m0/s1. The average molecular weight is 335 g/mol. The van der Waals surface area contributed by atoms with Gasteiger partial charge in [-0.2, -0.15) is 0 Å². The third-order valence-corrected chi connectivity index (χ3v) is 4.93. The lowest BCUT2D eigenvalue weighted by Gasteiger charge is -2.11. The smallest absolute Gasteiger partial charge is 0.163 e. The zero-order valence-corrected chi connectivity index (χ0v) is 14.1. The van der Waals surface area contributed by atoms with Crippen molar-refractivity contribution >= 4 is 21.6 Å². The topological polar surface area (TPSA) is 51.0 Å². The minimum atomic E-state index is 0.169. The van der Waals surface area contributed by atoms with Crippen molar-refractivity contribution in [3.8, 4) is 10.8 Å². The molecule has 0 bridgehead atoms. The quantitative estimate of drug-likeness (QED) is 0.569. The fourth-order valence-corrected chi connectivity index (χ4v) is 3.48. The first-order chi connectivity index (χ1) is 11.8. The maximum Gasteiger partial charge on any atom is 0.163 e. The van der Waals surface area contributed by atoms with Gasteiger partial charge in [-0.1, -0.05) is 18.2 Å². The third kappa shape index (κ3) is 3.09. The van der Waals surface area contributed by atoms with Crippen molar-refractivity contribution in [3.05, 3.63) is 72.2 Å². The van der Waals surface area contributed by atoms with Gasteiger partial charge in [-0.3, -0.25) is 4.98 Å². The average Bonchev–Trinajstić information content (AvgIpc) is 3.27. The van der Waals surface area contributed by atoms with Gasteiger partial charge >= 0.3 is 0 Å². The molecule has 0 unspecified atom stereocenters. The predicted molar refractivity (Wildman–Crippen MR) is 96.8 cm³/mol. The van der Waals surface area contributed by atoms with E-state index >= 15 is 0 Å². The number of nitrogens with one attached hydrogen (secondary N) is 1. The van der Waals surface area contributed by atoms with E-state index in [1.807, 2.05) is 54.7 Å². The Hall–Kier alpha value is -2.50. The summed E-state index contributed by atoms with van der Waals surface area (Å²) in [5, 5.41) is 4.35. The fourth-order valence-electron chi connectivity index (χ4n) is 2.56. The molecular formula is C19H17N3OS. The first kappa shape index (κ1) is 15.1. The van der Waals surface area contributed by atoms with Crippen LogP contribution in [-0.2, 0) is 6.54 Å². The van der Waals surface area contributed by atoms with E-state index < -0.39 is 0 Å². The molecule has 120 valence electrons.